The Kier molecular flexibility index (Phi) is 1.95. The Morgan fingerprint density at radius 1 is 0.867 bits per heavy atom. The zero-order chi connectivity index (χ0) is 10.1. The minimum absolute atomic E-state index is 1.29. The third-order valence-corrected chi connectivity index (χ3v) is 2.75. The fourth-order valence-electron chi connectivity index (χ4n) is 1.94. The lowest BCUT2D eigenvalue weighted by Gasteiger charge is -2.04. The fraction of sp³-hybridized carbons (Fsp3) is 0. The standard InChI is InChI=1S/C14H10B/c1-2-5-12-10-13(8-7-11(12)4-1)14-6-3-9-15-14/h1-10H. The van der Waals surface area contributed by atoms with E-state index in [1.165, 1.54) is 21.8 Å². The zero-order valence-corrected chi connectivity index (χ0v) is 8.35. The highest BCUT2D eigenvalue weighted by molar-refractivity contribution is 6.67. The monoisotopic (exact) mass is 189 g/mol. The molecule has 2 aromatic carbocycles. The van der Waals surface area contributed by atoms with Gasteiger partial charge in [-0.15, -0.1) is 5.98 Å². The molecule has 2 aromatic rings. The van der Waals surface area contributed by atoms with Crippen LogP contribution in [-0.4, -0.2) is 7.28 Å². The average Bonchev–Trinajstić information content (AvgIpc) is 2.82. The van der Waals surface area contributed by atoms with E-state index in [9.17, 15) is 0 Å². The summed E-state index contributed by atoms with van der Waals surface area (Å²) in [6.07, 6.45) is 4.22. The van der Waals surface area contributed by atoms with Crippen molar-refractivity contribution < 1.29 is 0 Å². The molecule has 1 heterocycles. The Morgan fingerprint density at radius 2 is 1.73 bits per heavy atom. The van der Waals surface area contributed by atoms with Crippen molar-refractivity contribution in [2.24, 2.45) is 0 Å². The van der Waals surface area contributed by atoms with Crippen molar-refractivity contribution in [3.63, 3.8) is 0 Å². The first kappa shape index (κ1) is 8.54. The van der Waals surface area contributed by atoms with Gasteiger partial charge >= 0.3 is 0 Å². The minimum Gasteiger partial charge on any atom is -0.116 e. The molecule has 0 amide bonds. The van der Waals surface area contributed by atoms with Gasteiger partial charge in [-0.25, -0.2) is 0 Å². The number of benzene rings is 2. The van der Waals surface area contributed by atoms with E-state index < -0.39 is 0 Å². The van der Waals surface area contributed by atoms with Crippen molar-refractivity contribution in [2.75, 3.05) is 0 Å². The summed E-state index contributed by atoms with van der Waals surface area (Å²) >= 11 is 0. The van der Waals surface area contributed by atoms with Crippen LogP contribution in [0.25, 0.3) is 16.2 Å². The number of hydrogen-bond acceptors (Lipinski definition) is 0. The molecular formula is C14H10B. The molecule has 0 N–H and O–H groups in total. The summed E-state index contributed by atoms with van der Waals surface area (Å²) in [6, 6.07) is 15.0. The van der Waals surface area contributed by atoms with E-state index >= 15 is 0 Å². The van der Waals surface area contributed by atoms with Crippen LogP contribution in [0.1, 0.15) is 5.56 Å². The SMILES string of the molecule is [B]1C=CC=C1c1ccc2ccccc2c1. The van der Waals surface area contributed by atoms with Crippen LogP contribution in [0.5, 0.6) is 0 Å². The highest BCUT2D eigenvalue weighted by Gasteiger charge is 2.04. The second-order valence-electron chi connectivity index (χ2n) is 3.74. The normalized spacial score (nSPS) is 14.0. The van der Waals surface area contributed by atoms with E-state index in [0.29, 0.717) is 0 Å². The van der Waals surface area contributed by atoms with E-state index in [1.807, 2.05) is 0 Å². The summed E-state index contributed by atoms with van der Waals surface area (Å²) in [6.45, 7) is 0. The molecule has 0 bridgehead atoms. The van der Waals surface area contributed by atoms with Gasteiger partial charge in [0.25, 0.3) is 0 Å². The third kappa shape index (κ3) is 1.50. The molecule has 0 saturated heterocycles. The predicted octanol–water partition coefficient (Wildman–Crippen LogP) is 3.41. The lowest BCUT2D eigenvalue weighted by molar-refractivity contribution is 1.70. The Morgan fingerprint density at radius 3 is 2.53 bits per heavy atom. The predicted molar refractivity (Wildman–Crippen MR) is 66.8 cm³/mol. The largest absolute Gasteiger partial charge is 0.182 e. The number of fused-ring (bicyclic) bond motifs is 1. The Balaban J connectivity index is 2.14. The Labute approximate surface area is 90.2 Å². The van der Waals surface area contributed by atoms with E-state index in [2.05, 4.69) is 67.9 Å². The highest BCUT2D eigenvalue weighted by atomic mass is 14.0. The second kappa shape index (κ2) is 3.43. The van der Waals surface area contributed by atoms with Crippen LogP contribution in [0.4, 0.5) is 0 Å². The van der Waals surface area contributed by atoms with Gasteiger partial charge in [0.15, 0.2) is 7.28 Å². The topological polar surface area (TPSA) is 0 Å². The molecule has 69 valence electrons. The van der Waals surface area contributed by atoms with Gasteiger partial charge in [0.1, 0.15) is 0 Å². The quantitative estimate of drug-likeness (QED) is 0.603. The molecule has 1 aliphatic rings. The molecule has 1 heteroatoms. The summed E-state index contributed by atoms with van der Waals surface area (Å²) < 4.78 is 0. The van der Waals surface area contributed by atoms with Crippen LogP contribution in [0.3, 0.4) is 0 Å². The lowest BCUT2D eigenvalue weighted by atomic mass is 9.70. The van der Waals surface area contributed by atoms with Gasteiger partial charge in [0, 0.05) is 0 Å². The van der Waals surface area contributed by atoms with Crippen molar-refractivity contribution in [3.8, 4) is 0 Å². The van der Waals surface area contributed by atoms with Gasteiger partial charge in [-0.2, -0.15) is 0 Å². The van der Waals surface area contributed by atoms with E-state index in [0.717, 1.165) is 0 Å². The van der Waals surface area contributed by atoms with Crippen LogP contribution < -0.4 is 0 Å². The van der Waals surface area contributed by atoms with Crippen LogP contribution in [0, 0.1) is 0 Å². The highest BCUT2D eigenvalue weighted by Crippen LogP contribution is 2.22. The van der Waals surface area contributed by atoms with Gasteiger partial charge in [-0.05, 0) is 22.4 Å². The Bertz CT molecular complexity index is 564. The van der Waals surface area contributed by atoms with E-state index in [-0.39, 0.29) is 0 Å². The first-order valence-corrected chi connectivity index (χ1v) is 5.14. The molecule has 0 unspecified atom stereocenters. The van der Waals surface area contributed by atoms with Crippen molar-refractivity contribution in [3.05, 3.63) is 66.2 Å². The molecule has 1 aliphatic heterocycles. The molecule has 15 heavy (non-hydrogen) atoms. The van der Waals surface area contributed by atoms with Crippen LogP contribution in [-0.2, 0) is 0 Å². The number of hydrogen-bond donors (Lipinski definition) is 0. The lowest BCUT2D eigenvalue weighted by Crippen LogP contribution is -1.88. The average molecular weight is 189 g/mol. The molecule has 0 fully saturated rings. The van der Waals surface area contributed by atoms with Crippen molar-refractivity contribution in [2.45, 2.75) is 0 Å². The van der Waals surface area contributed by atoms with Gasteiger partial charge < -0.3 is 0 Å². The smallest absolute Gasteiger partial charge is 0.116 e. The van der Waals surface area contributed by atoms with Gasteiger partial charge in [0.2, 0.25) is 0 Å². The minimum atomic E-state index is 1.29. The maximum Gasteiger partial charge on any atom is 0.182 e. The molecule has 0 nitrogen and oxygen atoms in total. The van der Waals surface area contributed by atoms with Crippen molar-refractivity contribution in [1.82, 2.24) is 0 Å². The zero-order valence-electron chi connectivity index (χ0n) is 8.35. The van der Waals surface area contributed by atoms with Gasteiger partial charge in [0.05, 0.1) is 0 Å². The van der Waals surface area contributed by atoms with Crippen LogP contribution in [0.2, 0.25) is 0 Å². The summed E-state index contributed by atoms with van der Waals surface area (Å²) in [5.74, 6) is 2.07. The molecular weight excluding hydrogens is 179 g/mol. The summed E-state index contributed by atoms with van der Waals surface area (Å²) in [5.41, 5.74) is 2.58. The molecule has 0 aliphatic carbocycles. The maximum absolute atomic E-state index is 2.24. The number of allylic oxidation sites excluding steroid dienone is 2. The molecule has 0 atom stereocenters. The van der Waals surface area contributed by atoms with E-state index in [4.69, 9.17) is 0 Å². The van der Waals surface area contributed by atoms with Gasteiger partial charge in [-0.1, -0.05) is 54.0 Å². The molecule has 0 aromatic heterocycles. The first-order chi connectivity index (χ1) is 7.43. The van der Waals surface area contributed by atoms with Gasteiger partial charge in [-0.3, -0.25) is 0 Å². The van der Waals surface area contributed by atoms with Crippen LogP contribution in [0.15, 0.2) is 60.6 Å². The summed E-state index contributed by atoms with van der Waals surface area (Å²) in [5, 5.41) is 2.60. The molecule has 0 saturated carbocycles. The first-order valence-electron chi connectivity index (χ1n) is 5.14. The molecule has 1 radical (unpaired) electrons. The second-order valence-corrected chi connectivity index (χ2v) is 3.74. The number of rotatable bonds is 1. The van der Waals surface area contributed by atoms with Crippen LogP contribution >= 0.6 is 0 Å². The third-order valence-electron chi connectivity index (χ3n) is 2.75. The Hall–Kier alpha value is -1.76. The van der Waals surface area contributed by atoms with E-state index in [1.54, 1.807) is 0 Å². The van der Waals surface area contributed by atoms with Crippen molar-refractivity contribution >= 4 is 23.5 Å². The fourth-order valence-corrected chi connectivity index (χ4v) is 1.94. The maximum atomic E-state index is 2.24. The summed E-state index contributed by atoms with van der Waals surface area (Å²) in [4.78, 5) is 0. The van der Waals surface area contributed by atoms with Crippen molar-refractivity contribution in [1.29, 1.82) is 0 Å². The molecule has 3 rings (SSSR count). The summed E-state index contributed by atoms with van der Waals surface area (Å²) in [7, 11) is 2.14. The molecule has 0 spiro atoms.